The number of carbonyl (C=O) groups is 3. The van der Waals surface area contributed by atoms with Crippen molar-refractivity contribution in [3.63, 3.8) is 0 Å². The first-order chi connectivity index (χ1) is 10.9. The summed E-state index contributed by atoms with van der Waals surface area (Å²) in [5.41, 5.74) is 0.209. The molecule has 1 rings (SSSR count). The number of carboxylic acid groups (broad SMARTS) is 1. The molecule has 0 saturated carbocycles. The molecule has 23 heavy (non-hydrogen) atoms. The van der Waals surface area contributed by atoms with E-state index in [1.165, 1.54) is 33.5 Å². The van der Waals surface area contributed by atoms with E-state index in [0.29, 0.717) is 11.5 Å². The lowest BCUT2D eigenvalue weighted by molar-refractivity contribution is -0.136. The number of nitrogens with one attached hydrogen (secondary N) is 2. The first kappa shape index (κ1) is 18.1. The smallest absolute Gasteiger partial charge is 0.340 e. The second-order valence-electron chi connectivity index (χ2n) is 4.27. The number of rotatable bonds is 7. The minimum atomic E-state index is -1.04. The molecule has 0 unspecified atom stereocenters. The largest absolute Gasteiger partial charge is 0.493 e. The van der Waals surface area contributed by atoms with Crippen molar-refractivity contribution in [3.8, 4) is 11.5 Å². The molecule has 0 aliphatic rings. The summed E-state index contributed by atoms with van der Waals surface area (Å²) in [6.45, 7) is -0.0536. The summed E-state index contributed by atoms with van der Waals surface area (Å²) in [7, 11) is 4.02. The van der Waals surface area contributed by atoms with E-state index in [4.69, 9.17) is 14.6 Å². The van der Waals surface area contributed by atoms with Crippen LogP contribution in [0.25, 0.3) is 0 Å². The molecule has 126 valence electrons. The fraction of sp³-hybridized carbons (Fsp3) is 0.357. The van der Waals surface area contributed by atoms with Crippen LogP contribution in [0.2, 0.25) is 0 Å². The van der Waals surface area contributed by atoms with Crippen molar-refractivity contribution in [2.24, 2.45) is 0 Å². The molecule has 0 heterocycles. The Morgan fingerprint density at radius 3 is 2.22 bits per heavy atom. The van der Waals surface area contributed by atoms with E-state index in [2.05, 4.69) is 15.4 Å². The molecule has 3 N–H and O–H groups in total. The number of amides is 2. The summed E-state index contributed by atoms with van der Waals surface area (Å²) in [6.07, 6.45) is -0.219. The van der Waals surface area contributed by atoms with Crippen molar-refractivity contribution >= 4 is 23.7 Å². The molecule has 0 saturated heterocycles. The molecule has 2 amide bonds. The number of methoxy groups -OCH3 is 3. The molecule has 0 aliphatic carbocycles. The monoisotopic (exact) mass is 326 g/mol. The Balaban J connectivity index is 3.00. The quantitative estimate of drug-likeness (QED) is 0.641. The van der Waals surface area contributed by atoms with Gasteiger partial charge in [0.1, 0.15) is 0 Å². The van der Waals surface area contributed by atoms with Gasteiger partial charge in [0.2, 0.25) is 0 Å². The molecule has 0 radical (unpaired) electrons. The Kier molecular flexibility index (Phi) is 6.66. The van der Waals surface area contributed by atoms with Crippen LogP contribution in [0.15, 0.2) is 12.1 Å². The Bertz CT molecular complexity index is 601. The van der Waals surface area contributed by atoms with Crippen LogP contribution in [0.4, 0.5) is 10.5 Å². The fourth-order valence-corrected chi connectivity index (χ4v) is 1.71. The molecule has 1 aromatic carbocycles. The van der Waals surface area contributed by atoms with E-state index >= 15 is 0 Å². The summed E-state index contributed by atoms with van der Waals surface area (Å²) in [5.74, 6) is -1.11. The van der Waals surface area contributed by atoms with Crippen LogP contribution in [0.5, 0.6) is 11.5 Å². The molecular weight excluding hydrogens is 308 g/mol. The first-order valence-corrected chi connectivity index (χ1v) is 6.53. The average Bonchev–Trinajstić information content (AvgIpc) is 2.53. The minimum Gasteiger partial charge on any atom is -0.493 e. The molecule has 0 bridgehead atoms. The molecule has 0 spiro atoms. The minimum absolute atomic E-state index is 0.0536. The van der Waals surface area contributed by atoms with Gasteiger partial charge in [0.15, 0.2) is 11.5 Å². The standard InChI is InChI=1S/C14H18N2O7/c1-21-10-6-8(13(19)23-3)9(7-11(10)22-2)16-14(20)15-5-4-12(17)18/h6-7H,4-5H2,1-3H3,(H,17,18)(H2,15,16,20). The second kappa shape index (κ2) is 8.47. The molecule has 9 nitrogen and oxygen atoms in total. The van der Waals surface area contributed by atoms with Crippen LogP contribution < -0.4 is 20.1 Å². The normalized spacial score (nSPS) is 9.70. The van der Waals surface area contributed by atoms with Gasteiger partial charge in [-0.05, 0) is 0 Å². The van der Waals surface area contributed by atoms with Crippen LogP contribution in [0, 0.1) is 0 Å². The van der Waals surface area contributed by atoms with Crippen LogP contribution in [-0.2, 0) is 9.53 Å². The second-order valence-corrected chi connectivity index (χ2v) is 4.27. The topological polar surface area (TPSA) is 123 Å². The van der Waals surface area contributed by atoms with E-state index < -0.39 is 18.0 Å². The average molecular weight is 326 g/mol. The van der Waals surface area contributed by atoms with Crippen molar-refractivity contribution in [1.29, 1.82) is 0 Å². The number of anilines is 1. The number of ether oxygens (including phenoxy) is 3. The third kappa shape index (κ3) is 5.06. The number of aliphatic carboxylic acids is 1. The van der Waals surface area contributed by atoms with Gasteiger partial charge in [0, 0.05) is 18.7 Å². The zero-order valence-electron chi connectivity index (χ0n) is 13.0. The number of benzene rings is 1. The highest BCUT2D eigenvalue weighted by atomic mass is 16.5. The Morgan fingerprint density at radius 1 is 1.09 bits per heavy atom. The van der Waals surface area contributed by atoms with Gasteiger partial charge in [0.25, 0.3) is 0 Å². The molecular formula is C14H18N2O7. The Labute approximate surface area is 132 Å². The maximum atomic E-state index is 11.8. The van der Waals surface area contributed by atoms with E-state index in [1.807, 2.05) is 0 Å². The van der Waals surface area contributed by atoms with Gasteiger partial charge >= 0.3 is 18.0 Å². The van der Waals surface area contributed by atoms with E-state index in [-0.39, 0.29) is 24.2 Å². The summed E-state index contributed by atoms with van der Waals surface area (Å²) < 4.78 is 14.9. The van der Waals surface area contributed by atoms with Crippen LogP contribution in [0.3, 0.4) is 0 Å². The number of hydrogen-bond acceptors (Lipinski definition) is 6. The fourth-order valence-electron chi connectivity index (χ4n) is 1.71. The summed E-state index contributed by atoms with van der Waals surface area (Å²) >= 11 is 0. The molecule has 0 atom stereocenters. The van der Waals surface area contributed by atoms with Crippen LogP contribution >= 0.6 is 0 Å². The lowest BCUT2D eigenvalue weighted by atomic mass is 10.1. The predicted octanol–water partition coefficient (Wildman–Crippen LogP) is 1.09. The van der Waals surface area contributed by atoms with E-state index in [9.17, 15) is 14.4 Å². The van der Waals surface area contributed by atoms with Crippen molar-refractivity contribution < 1.29 is 33.7 Å². The first-order valence-electron chi connectivity index (χ1n) is 6.53. The summed E-state index contributed by atoms with van der Waals surface area (Å²) in [4.78, 5) is 34.0. The molecule has 0 fully saturated rings. The lowest BCUT2D eigenvalue weighted by Gasteiger charge is -2.14. The lowest BCUT2D eigenvalue weighted by Crippen LogP contribution is -2.31. The van der Waals surface area contributed by atoms with E-state index in [0.717, 1.165) is 0 Å². The van der Waals surface area contributed by atoms with Crippen molar-refractivity contribution in [1.82, 2.24) is 5.32 Å². The number of esters is 1. The zero-order chi connectivity index (χ0) is 17.4. The number of urea groups is 1. The molecule has 0 aliphatic heterocycles. The highest BCUT2D eigenvalue weighted by Gasteiger charge is 2.19. The van der Waals surface area contributed by atoms with Crippen LogP contribution in [0.1, 0.15) is 16.8 Å². The Morgan fingerprint density at radius 2 is 1.70 bits per heavy atom. The van der Waals surface area contributed by atoms with Gasteiger partial charge in [-0.25, -0.2) is 9.59 Å². The van der Waals surface area contributed by atoms with Crippen LogP contribution in [-0.4, -0.2) is 51.0 Å². The van der Waals surface area contributed by atoms with E-state index in [1.54, 1.807) is 0 Å². The van der Waals surface area contributed by atoms with Gasteiger partial charge in [0.05, 0.1) is 39.0 Å². The third-order valence-corrected chi connectivity index (χ3v) is 2.80. The predicted molar refractivity (Wildman–Crippen MR) is 80.2 cm³/mol. The maximum absolute atomic E-state index is 11.8. The third-order valence-electron chi connectivity index (χ3n) is 2.80. The van der Waals surface area contributed by atoms with Gasteiger partial charge in [-0.2, -0.15) is 0 Å². The van der Waals surface area contributed by atoms with Crippen molar-refractivity contribution in [3.05, 3.63) is 17.7 Å². The maximum Gasteiger partial charge on any atom is 0.340 e. The molecule has 0 aromatic heterocycles. The number of carboxylic acids is 1. The van der Waals surface area contributed by atoms with Gasteiger partial charge in [-0.1, -0.05) is 0 Å². The summed E-state index contributed by atoms with van der Waals surface area (Å²) in [5, 5.41) is 13.3. The van der Waals surface area contributed by atoms with Gasteiger partial charge < -0.3 is 30.0 Å². The van der Waals surface area contributed by atoms with Gasteiger partial charge in [-0.15, -0.1) is 0 Å². The van der Waals surface area contributed by atoms with Gasteiger partial charge in [-0.3, -0.25) is 4.79 Å². The number of carbonyl (C=O) groups excluding carboxylic acids is 2. The Hall–Kier alpha value is -2.97. The van der Waals surface area contributed by atoms with Crippen molar-refractivity contribution in [2.75, 3.05) is 33.2 Å². The number of hydrogen-bond donors (Lipinski definition) is 3. The SMILES string of the molecule is COC(=O)c1cc(OC)c(OC)cc1NC(=O)NCCC(=O)O. The summed E-state index contributed by atoms with van der Waals surface area (Å²) in [6, 6.07) is 2.11. The highest BCUT2D eigenvalue weighted by molar-refractivity contribution is 6.01. The molecule has 9 heteroatoms. The molecule has 1 aromatic rings. The van der Waals surface area contributed by atoms with Crippen molar-refractivity contribution in [2.45, 2.75) is 6.42 Å². The zero-order valence-corrected chi connectivity index (χ0v) is 13.0. The highest BCUT2D eigenvalue weighted by Crippen LogP contribution is 2.33.